The standard InChI is InChI=1S/C17H19NO2/c19-17-18(12-11-14-7-3-1-4-8-14)16(13-20-17)15-9-5-2-6-10-15/h2,5-6,9-10,14,16H,1,3-4,7-8,13H2/t16-/m0/s1. The number of hydrogen-bond donors (Lipinski definition) is 0. The number of carbonyl (C=O) groups is 1. The summed E-state index contributed by atoms with van der Waals surface area (Å²) in [6.45, 7) is 0.391. The minimum atomic E-state index is -0.317. The van der Waals surface area contributed by atoms with Gasteiger partial charge in [0.05, 0.1) is 0 Å². The number of ether oxygens (including phenoxy) is 1. The Balaban J connectivity index is 1.75. The van der Waals surface area contributed by atoms with Crippen LogP contribution >= 0.6 is 0 Å². The number of cyclic esters (lactones) is 1. The first-order chi connectivity index (χ1) is 9.84. The Morgan fingerprint density at radius 3 is 2.60 bits per heavy atom. The van der Waals surface area contributed by atoms with Crippen molar-refractivity contribution in [3.05, 3.63) is 35.9 Å². The number of hydrogen-bond acceptors (Lipinski definition) is 2. The summed E-state index contributed by atoms with van der Waals surface area (Å²) in [6, 6.07) is 12.9. The fourth-order valence-corrected chi connectivity index (χ4v) is 2.87. The van der Waals surface area contributed by atoms with Crippen molar-refractivity contribution in [3.63, 3.8) is 0 Å². The highest BCUT2D eigenvalue weighted by Gasteiger charge is 2.33. The molecule has 20 heavy (non-hydrogen) atoms. The molecule has 0 N–H and O–H groups in total. The van der Waals surface area contributed by atoms with E-state index in [1.807, 2.05) is 30.3 Å². The first-order valence-corrected chi connectivity index (χ1v) is 7.37. The van der Waals surface area contributed by atoms with Gasteiger partial charge in [0, 0.05) is 12.0 Å². The lowest BCUT2D eigenvalue weighted by Gasteiger charge is -2.18. The molecule has 1 aliphatic carbocycles. The summed E-state index contributed by atoms with van der Waals surface area (Å²) in [5.41, 5.74) is 1.08. The maximum absolute atomic E-state index is 11.8. The Morgan fingerprint density at radius 2 is 1.85 bits per heavy atom. The van der Waals surface area contributed by atoms with E-state index >= 15 is 0 Å². The Hall–Kier alpha value is -1.95. The number of carbonyl (C=O) groups excluding carboxylic acids is 1. The zero-order valence-corrected chi connectivity index (χ0v) is 11.5. The highest BCUT2D eigenvalue weighted by atomic mass is 16.6. The van der Waals surface area contributed by atoms with Gasteiger partial charge in [0.25, 0.3) is 0 Å². The van der Waals surface area contributed by atoms with Crippen molar-refractivity contribution in [2.75, 3.05) is 6.61 Å². The Kier molecular flexibility index (Phi) is 3.92. The second-order valence-electron chi connectivity index (χ2n) is 5.46. The third kappa shape index (κ3) is 2.80. The van der Waals surface area contributed by atoms with Crippen LogP contribution in [0.1, 0.15) is 43.7 Å². The topological polar surface area (TPSA) is 29.5 Å². The van der Waals surface area contributed by atoms with Gasteiger partial charge in [-0.3, -0.25) is 0 Å². The van der Waals surface area contributed by atoms with Gasteiger partial charge in [-0.2, -0.15) is 0 Å². The van der Waals surface area contributed by atoms with Gasteiger partial charge in [0.15, 0.2) is 0 Å². The van der Waals surface area contributed by atoms with E-state index < -0.39 is 0 Å². The Labute approximate surface area is 119 Å². The molecular formula is C17H19NO2. The van der Waals surface area contributed by atoms with Gasteiger partial charge in [-0.1, -0.05) is 55.5 Å². The molecule has 104 valence electrons. The lowest BCUT2D eigenvalue weighted by atomic mass is 9.90. The summed E-state index contributed by atoms with van der Waals surface area (Å²) in [4.78, 5) is 13.4. The monoisotopic (exact) mass is 269 g/mol. The van der Waals surface area contributed by atoms with Crippen LogP contribution in [0.5, 0.6) is 0 Å². The third-order valence-electron chi connectivity index (χ3n) is 4.05. The summed E-state index contributed by atoms with van der Waals surface area (Å²) in [5, 5.41) is 0. The van der Waals surface area contributed by atoms with Gasteiger partial charge in [0.1, 0.15) is 12.6 Å². The van der Waals surface area contributed by atoms with Crippen molar-refractivity contribution >= 4 is 6.09 Å². The molecule has 1 aromatic rings. The molecule has 1 saturated carbocycles. The molecule has 3 nitrogen and oxygen atoms in total. The van der Waals surface area contributed by atoms with Gasteiger partial charge in [-0.15, -0.1) is 0 Å². The number of nitrogens with zero attached hydrogens (tertiary/aromatic N) is 1. The SMILES string of the molecule is O=C1OC[C@@H](c2ccccc2)N1C#CC1CCCCC1. The molecule has 1 aromatic carbocycles. The van der Waals surface area contributed by atoms with Crippen molar-refractivity contribution in [1.82, 2.24) is 4.90 Å². The smallest absolute Gasteiger partial charge is 0.422 e. The molecule has 0 aromatic heterocycles. The molecule has 1 amide bonds. The molecular weight excluding hydrogens is 250 g/mol. The summed E-state index contributed by atoms with van der Waals surface area (Å²) < 4.78 is 5.16. The first kappa shape index (κ1) is 13.1. The van der Waals surface area contributed by atoms with E-state index in [1.165, 1.54) is 19.3 Å². The van der Waals surface area contributed by atoms with Crippen LogP contribution in [0, 0.1) is 17.9 Å². The van der Waals surface area contributed by atoms with E-state index in [-0.39, 0.29) is 12.1 Å². The van der Waals surface area contributed by atoms with Crippen LogP contribution in [0.4, 0.5) is 4.79 Å². The summed E-state index contributed by atoms with van der Waals surface area (Å²) in [5.74, 6) is 3.71. The molecule has 1 saturated heterocycles. The normalized spacial score (nSPS) is 23.1. The maximum atomic E-state index is 11.8. The molecule has 2 fully saturated rings. The summed E-state index contributed by atoms with van der Waals surface area (Å²) in [7, 11) is 0. The average molecular weight is 269 g/mol. The van der Waals surface area contributed by atoms with Crippen LogP contribution in [0.25, 0.3) is 0 Å². The lowest BCUT2D eigenvalue weighted by Crippen LogP contribution is -2.22. The molecule has 2 aliphatic rings. The summed E-state index contributed by atoms with van der Waals surface area (Å²) >= 11 is 0. The minimum Gasteiger partial charge on any atom is -0.446 e. The molecule has 1 atom stereocenters. The predicted octanol–water partition coefficient (Wildman–Crippen LogP) is 3.72. The van der Waals surface area contributed by atoms with E-state index in [1.54, 1.807) is 4.90 Å². The van der Waals surface area contributed by atoms with E-state index in [0.29, 0.717) is 12.5 Å². The zero-order valence-electron chi connectivity index (χ0n) is 11.5. The van der Waals surface area contributed by atoms with E-state index in [9.17, 15) is 4.79 Å². The van der Waals surface area contributed by atoms with Crippen LogP contribution in [-0.4, -0.2) is 17.6 Å². The molecule has 0 unspecified atom stereocenters. The van der Waals surface area contributed by atoms with Gasteiger partial charge in [-0.05, 0) is 18.4 Å². The molecule has 0 spiro atoms. The second kappa shape index (κ2) is 6.00. The van der Waals surface area contributed by atoms with Gasteiger partial charge < -0.3 is 4.74 Å². The second-order valence-corrected chi connectivity index (χ2v) is 5.46. The molecule has 0 radical (unpaired) electrons. The van der Waals surface area contributed by atoms with E-state index in [4.69, 9.17) is 4.74 Å². The fraction of sp³-hybridized carbons (Fsp3) is 0.471. The van der Waals surface area contributed by atoms with Crippen molar-refractivity contribution < 1.29 is 9.53 Å². The molecule has 3 rings (SSSR count). The van der Waals surface area contributed by atoms with Gasteiger partial charge in [0.2, 0.25) is 0 Å². The van der Waals surface area contributed by atoms with E-state index in [0.717, 1.165) is 18.4 Å². The Bertz CT molecular complexity index is 523. The van der Waals surface area contributed by atoms with Crippen LogP contribution in [0.3, 0.4) is 0 Å². The third-order valence-corrected chi connectivity index (χ3v) is 4.05. The van der Waals surface area contributed by atoms with Crippen molar-refractivity contribution in [1.29, 1.82) is 0 Å². The maximum Gasteiger partial charge on any atom is 0.422 e. The average Bonchev–Trinajstić information content (AvgIpc) is 2.88. The number of rotatable bonds is 1. The number of amides is 1. The van der Waals surface area contributed by atoms with Gasteiger partial charge in [-0.25, -0.2) is 9.69 Å². The molecule has 0 bridgehead atoms. The van der Waals surface area contributed by atoms with Crippen molar-refractivity contribution in [2.24, 2.45) is 5.92 Å². The molecule has 1 aliphatic heterocycles. The van der Waals surface area contributed by atoms with Gasteiger partial charge >= 0.3 is 6.09 Å². The lowest BCUT2D eigenvalue weighted by molar-refractivity contribution is 0.167. The van der Waals surface area contributed by atoms with Crippen LogP contribution in [0.15, 0.2) is 30.3 Å². The first-order valence-electron chi connectivity index (χ1n) is 7.37. The largest absolute Gasteiger partial charge is 0.446 e. The fourth-order valence-electron chi connectivity index (χ4n) is 2.87. The van der Waals surface area contributed by atoms with Crippen molar-refractivity contribution in [2.45, 2.75) is 38.1 Å². The Morgan fingerprint density at radius 1 is 1.10 bits per heavy atom. The zero-order chi connectivity index (χ0) is 13.8. The quantitative estimate of drug-likeness (QED) is 0.727. The minimum absolute atomic E-state index is 0.0696. The van der Waals surface area contributed by atoms with Crippen LogP contribution in [-0.2, 0) is 4.74 Å². The van der Waals surface area contributed by atoms with Crippen molar-refractivity contribution in [3.8, 4) is 12.0 Å². The molecule has 1 heterocycles. The highest BCUT2D eigenvalue weighted by molar-refractivity contribution is 5.72. The van der Waals surface area contributed by atoms with Crippen LogP contribution in [0.2, 0.25) is 0 Å². The summed E-state index contributed by atoms with van der Waals surface area (Å²) in [6.07, 6.45) is 5.83. The highest BCUT2D eigenvalue weighted by Crippen LogP contribution is 2.27. The predicted molar refractivity (Wildman–Crippen MR) is 76.7 cm³/mol. The van der Waals surface area contributed by atoms with Crippen LogP contribution < -0.4 is 0 Å². The van der Waals surface area contributed by atoms with E-state index in [2.05, 4.69) is 12.0 Å². The number of benzene rings is 1. The molecule has 3 heteroatoms.